The molecule has 0 heterocycles. The van der Waals surface area contributed by atoms with E-state index in [4.69, 9.17) is 5.73 Å². The smallest absolute Gasteiger partial charge is 0.0752 e. The molecule has 0 saturated heterocycles. The predicted molar refractivity (Wildman–Crippen MR) is 58.9 cm³/mol. The fourth-order valence-electron chi connectivity index (χ4n) is 1.80. The van der Waals surface area contributed by atoms with Crippen molar-refractivity contribution in [3.63, 3.8) is 0 Å². The van der Waals surface area contributed by atoms with E-state index in [-0.39, 0.29) is 16.3 Å². The van der Waals surface area contributed by atoms with Gasteiger partial charge < -0.3 is 10.8 Å². The van der Waals surface area contributed by atoms with Crippen molar-refractivity contribution in [2.75, 3.05) is 12.8 Å². The first-order valence-electron chi connectivity index (χ1n) is 4.98. The molecule has 0 spiro atoms. The molecule has 3 N–H and O–H groups in total. The van der Waals surface area contributed by atoms with Crippen LogP contribution in [0.25, 0.3) is 0 Å². The number of hydrogen-bond acceptors (Lipinski definition) is 3. The Balaban J connectivity index is 2.69. The maximum atomic E-state index is 10.3. The summed E-state index contributed by atoms with van der Waals surface area (Å²) in [4.78, 5) is 0. The summed E-state index contributed by atoms with van der Waals surface area (Å²) in [5.41, 5.74) is 5.63. The highest BCUT2D eigenvalue weighted by atomic mass is 32.2. The lowest BCUT2D eigenvalue weighted by atomic mass is 9.79. The molecule has 1 fully saturated rings. The first-order chi connectivity index (χ1) is 6.04. The molecule has 13 heavy (non-hydrogen) atoms. The molecule has 0 aromatic heterocycles. The van der Waals surface area contributed by atoms with Crippen molar-refractivity contribution in [2.24, 2.45) is 11.1 Å². The molecule has 0 aromatic rings. The van der Waals surface area contributed by atoms with E-state index < -0.39 is 0 Å². The number of nitrogens with two attached hydrogens (primary N) is 1. The molecule has 0 radical (unpaired) electrons. The molecule has 0 aliphatic heterocycles. The van der Waals surface area contributed by atoms with Crippen molar-refractivity contribution in [1.29, 1.82) is 0 Å². The van der Waals surface area contributed by atoms with Crippen LogP contribution in [0.1, 0.15) is 33.1 Å². The van der Waals surface area contributed by atoms with Gasteiger partial charge in [0.05, 0.1) is 6.10 Å². The molecule has 2 unspecified atom stereocenters. The van der Waals surface area contributed by atoms with Gasteiger partial charge in [0.25, 0.3) is 0 Å². The Hall–Kier alpha value is 0.270. The van der Waals surface area contributed by atoms with Crippen LogP contribution in [0.4, 0.5) is 0 Å². The first kappa shape index (κ1) is 11.3. The number of hydrogen-bond donors (Lipinski definition) is 2. The summed E-state index contributed by atoms with van der Waals surface area (Å²) in [5.74, 6) is 0. The minimum absolute atomic E-state index is 0.0977. The highest BCUT2D eigenvalue weighted by Gasteiger charge is 2.54. The summed E-state index contributed by atoms with van der Waals surface area (Å²) >= 11 is 1.80. The fraction of sp³-hybridized carbons (Fsp3) is 1.00. The first-order valence-corrected chi connectivity index (χ1v) is 6.20. The summed E-state index contributed by atoms with van der Waals surface area (Å²) in [6, 6.07) is 0. The van der Waals surface area contributed by atoms with Gasteiger partial charge in [0.1, 0.15) is 0 Å². The molecule has 0 bridgehead atoms. The topological polar surface area (TPSA) is 46.2 Å². The Morgan fingerprint density at radius 3 is 2.38 bits per heavy atom. The number of aliphatic hydroxyl groups is 1. The summed E-state index contributed by atoms with van der Waals surface area (Å²) in [5, 5.41) is 10.3. The minimum Gasteiger partial charge on any atom is -0.391 e. The lowest BCUT2D eigenvalue weighted by Crippen LogP contribution is -2.45. The maximum Gasteiger partial charge on any atom is 0.0752 e. The number of aliphatic hydroxyl groups excluding tert-OH is 1. The Labute approximate surface area is 85.3 Å². The van der Waals surface area contributed by atoms with Gasteiger partial charge in [-0.1, -0.05) is 13.8 Å². The van der Waals surface area contributed by atoms with Gasteiger partial charge in [-0.25, -0.2) is 0 Å². The summed E-state index contributed by atoms with van der Waals surface area (Å²) < 4.78 is 0.129. The third-order valence-electron chi connectivity index (χ3n) is 3.58. The highest BCUT2D eigenvalue weighted by Crippen LogP contribution is 2.54. The molecule has 0 amide bonds. The van der Waals surface area contributed by atoms with Crippen molar-refractivity contribution >= 4 is 11.8 Å². The Bertz CT molecular complexity index is 176. The van der Waals surface area contributed by atoms with Gasteiger partial charge in [-0.15, -0.1) is 0 Å². The van der Waals surface area contributed by atoms with Gasteiger partial charge in [0.2, 0.25) is 0 Å². The van der Waals surface area contributed by atoms with E-state index in [1.54, 1.807) is 11.8 Å². The minimum atomic E-state index is -0.245. The lowest BCUT2D eigenvalue weighted by Gasteiger charge is -2.37. The van der Waals surface area contributed by atoms with Crippen LogP contribution in [0.2, 0.25) is 0 Å². The van der Waals surface area contributed by atoms with Crippen LogP contribution in [0, 0.1) is 5.41 Å². The Morgan fingerprint density at radius 1 is 1.62 bits per heavy atom. The zero-order valence-corrected chi connectivity index (χ0v) is 9.66. The highest BCUT2D eigenvalue weighted by molar-refractivity contribution is 8.00. The fourth-order valence-corrected chi connectivity index (χ4v) is 2.81. The van der Waals surface area contributed by atoms with Crippen molar-refractivity contribution in [3.8, 4) is 0 Å². The normalized spacial score (nSPS) is 26.5. The average Bonchev–Trinajstić information content (AvgIpc) is 2.96. The predicted octanol–water partition coefficient (Wildman–Crippen LogP) is 1.62. The summed E-state index contributed by atoms with van der Waals surface area (Å²) in [7, 11) is 0. The maximum absolute atomic E-state index is 10.3. The van der Waals surface area contributed by atoms with Crippen molar-refractivity contribution in [3.05, 3.63) is 0 Å². The molecule has 2 atom stereocenters. The molecule has 78 valence electrons. The molecular weight excluding hydrogens is 182 g/mol. The van der Waals surface area contributed by atoms with E-state index in [0.29, 0.717) is 6.54 Å². The molecule has 1 aliphatic carbocycles. The van der Waals surface area contributed by atoms with Crippen molar-refractivity contribution in [1.82, 2.24) is 0 Å². The summed E-state index contributed by atoms with van der Waals surface area (Å²) in [6.07, 6.45) is 5.08. The lowest BCUT2D eigenvalue weighted by molar-refractivity contribution is 0.0328. The number of rotatable bonds is 5. The second kappa shape index (κ2) is 3.79. The quantitative estimate of drug-likeness (QED) is 0.714. The van der Waals surface area contributed by atoms with E-state index in [1.165, 1.54) is 0 Å². The van der Waals surface area contributed by atoms with Gasteiger partial charge in [0.15, 0.2) is 0 Å². The van der Waals surface area contributed by atoms with Gasteiger partial charge in [0, 0.05) is 16.7 Å². The van der Waals surface area contributed by atoms with Crippen molar-refractivity contribution < 1.29 is 5.11 Å². The molecule has 2 nitrogen and oxygen atoms in total. The van der Waals surface area contributed by atoms with Gasteiger partial charge in [-0.2, -0.15) is 11.8 Å². The monoisotopic (exact) mass is 203 g/mol. The van der Waals surface area contributed by atoms with Crippen LogP contribution in [0.15, 0.2) is 0 Å². The Kier molecular flexibility index (Phi) is 3.31. The third-order valence-corrected chi connectivity index (χ3v) is 5.03. The SMILES string of the molecule is CCC(C)(CN)C(O)C1(SC)CC1. The zero-order valence-electron chi connectivity index (χ0n) is 8.84. The van der Waals surface area contributed by atoms with Gasteiger partial charge >= 0.3 is 0 Å². The van der Waals surface area contributed by atoms with E-state index in [0.717, 1.165) is 19.3 Å². The molecular formula is C10H21NOS. The molecule has 1 rings (SSSR count). The van der Waals surface area contributed by atoms with E-state index in [2.05, 4.69) is 20.1 Å². The number of thioether (sulfide) groups is 1. The van der Waals surface area contributed by atoms with Crippen LogP contribution >= 0.6 is 11.8 Å². The third kappa shape index (κ3) is 1.88. The van der Waals surface area contributed by atoms with Crippen LogP contribution in [0.3, 0.4) is 0 Å². The van der Waals surface area contributed by atoms with Gasteiger partial charge in [-0.3, -0.25) is 0 Å². The molecule has 1 aliphatic rings. The van der Waals surface area contributed by atoms with E-state index in [1.807, 2.05) is 0 Å². The zero-order chi connectivity index (χ0) is 10.1. The Morgan fingerprint density at radius 2 is 2.15 bits per heavy atom. The largest absolute Gasteiger partial charge is 0.391 e. The van der Waals surface area contributed by atoms with Crippen molar-refractivity contribution in [2.45, 2.75) is 44.0 Å². The van der Waals surface area contributed by atoms with Crippen LogP contribution in [-0.2, 0) is 0 Å². The van der Waals surface area contributed by atoms with Crippen LogP contribution in [-0.4, -0.2) is 28.8 Å². The van der Waals surface area contributed by atoms with Crippen LogP contribution in [0.5, 0.6) is 0 Å². The second-order valence-electron chi connectivity index (χ2n) is 4.38. The van der Waals surface area contributed by atoms with E-state index in [9.17, 15) is 5.11 Å². The molecule has 3 heteroatoms. The second-order valence-corrected chi connectivity index (χ2v) is 5.60. The van der Waals surface area contributed by atoms with Gasteiger partial charge in [-0.05, 0) is 25.5 Å². The molecule has 0 aromatic carbocycles. The van der Waals surface area contributed by atoms with E-state index >= 15 is 0 Å². The average molecular weight is 203 g/mol. The summed E-state index contributed by atoms with van der Waals surface area (Å²) in [6.45, 7) is 4.77. The molecule has 1 saturated carbocycles. The standard InChI is InChI=1S/C10H21NOS/c1-4-9(2,7-11)8(12)10(13-3)5-6-10/h8,12H,4-7,11H2,1-3H3. The van der Waals surface area contributed by atoms with Crippen LogP contribution < -0.4 is 5.73 Å².